The molecule has 1 N–H and O–H groups in total. The molecule has 3 rings (SSSR count). The average molecular weight is 188 g/mol. The highest BCUT2D eigenvalue weighted by molar-refractivity contribution is 5.32. The molecule has 1 nitrogen and oxygen atoms in total. The summed E-state index contributed by atoms with van der Waals surface area (Å²) in [6.07, 6.45) is 14.0. The number of allylic oxidation sites excluding steroid dienone is 5. The molecule has 0 unspecified atom stereocenters. The van der Waals surface area contributed by atoms with E-state index in [1.807, 2.05) is 0 Å². The summed E-state index contributed by atoms with van der Waals surface area (Å²) in [7, 11) is 0. The van der Waals surface area contributed by atoms with Crippen molar-refractivity contribution >= 4 is 0 Å². The average Bonchev–Trinajstić information content (AvgIpc) is 2.59. The van der Waals surface area contributed by atoms with Gasteiger partial charge < -0.3 is 5.11 Å². The van der Waals surface area contributed by atoms with E-state index in [0.717, 1.165) is 12.3 Å². The molecule has 0 aromatic heterocycles. The summed E-state index contributed by atoms with van der Waals surface area (Å²) in [4.78, 5) is 0. The van der Waals surface area contributed by atoms with E-state index in [1.54, 1.807) is 0 Å². The van der Waals surface area contributed by atoms with Crippen LogP contribution in [0.1, 0.15) is 12.8 Å². The lowest BCUT2D eigenvalue weighted by Gasteiger charge is -2.33. The van der Waals surface area contributed by atoms with Gasteiger partial charge in [-0.1, -0.05) is 36.0 Å². The predicted octanol–water partition coefficient (Wildman–Crippen LogP) is 2.30. The third-order valence-corrected chi connectivity index (χ3v) is 3.88. The van der Waals surface area contributed by atoms with Gasteiger partial charge in [-0.05, 0) is 30.6 Å². The van der Waals surface area contributed by atoms with Crippen molar-refractivity contribution in [2.24, 2.45) is 23.7 Å². The zero-order valence-electron chi connectivity index (χ0n) is 8.26. The molecule has 0 aromatic carbocycles. The Morgan fingerprint density at radius 2 is 2.07 bits per heavy atom. The van der Waals surface area contributed by atoms with Gasteiger partial charge in [-0.15, -0.1) is 0 Å². The highest BCUT2D eigenvalue weighted by Crippen LogP contribution is 2.48. The highest BCUT2D eigenvalue weighted by atomic mass is 16.2. The SMILES string of the molecule is OCCC1=C[C@@H]2C=C[C@@H]3C=C[C@H]1[C@@H]2C3. The van der Waals surface area contributed by atoms with Gasteiger partial charge >= 0.3 is 0 Å². The fourth-order valence-corrected chi connectivity index (χ4v) is 3.21. The van der Waals surface area contributed by atoms with Gasteiger partial charge in [-0.25, -0.2) is 0 Å². The van der Waals surface area contributed by atoms with Gasteiger partial charge in [0, 0.05) is 12.5 Å². The third kappa shape index (κ3) is 1.12. The molecule has 3 aliphatic carbocycles. The van der Waals surface area contributed by atoms with Crippen LogP contribution >= 0.6 is 0 Å². The lowest BCUT2D eigenvalue weighted by atomic mass is 9.71. The maximum atomic E-state index is 9.00. The monoisotopic (exact) mass is 188 g/mol. The number of hydrogen-bond donors (Lipinski definition) is 1. The summed E-state index contributed by atoms with van der Waals surface area (Å²) in [6.45, 7) is 0.294. The summed E-state index contributed by atoms with van der Waals surface area (Å²) < 4.78 is 0. The Labute approximate surface area is 84.8 Å². The van der Waals surface area contributed by atoms with Crippen LogP contribution in [0.3, 0.4) is 0 Å². The van der Waals surface area contributed by atoms with E-state index in [-0.39, 0.29) is 0 Å². The molecule has 0 aromatic rings. The van der Waals surface area contributed by atoms with Crippen molar-refractivity contribution in [1.82, 2.24) is 0 Å². The minimum Gasteiger partial charge on any atom is -0.396 e. The van der Waals surface area contributed by atoms with Crippen LogP contribution in [0.5, 0.6) is 0 Å². The second kappa shape index (κ2) is 3.09. The molecule has 0 heterocycles. The normalized spacial score (nSPS) is 42.8. The largest absolute Gasteiger partial charge is 0.396 e. The standard InChI is InChI=1S/C13H16O/c14-6-5-11-8-10-3-1-9-2-4-12(11)13(10)7-9/h1-4,8-10,12-14H,5-7H2/t9-,10+,12-,13-/m1/s1. The van der Waals surface area contributed by atoms with Crippen LogP contribution in [0.25, 0.3) is 0 Å². The van der Waals surface area contributed by atoms with Gasteiger partial charge in [0.05, 0.1) is 0 Å². The summed E-state index contributed by atoms with van der Waals surface area (Å²) in [5.41, 5.74) is 1.46. The van der Waals surface area contributed by atoms with Gasteiger partial charge in [0.2, 0.25) is 0 Å². The van der Waals surface area contributed by atoms with Crippen LogP contribution in [0.4, 0.5) is 0 Å². The van der Waals surface area contributed by atoms with E-state index in [4.69, 9.17) is 5.11 Å². The fraction of sp³-hybridized carbons (Fsp3) is 0.538. The Kier molecular flexibility index (Phi) is 1.88. The number of aliphatic hydroxyl groups is 1. The number of aliphatic hydroxyl groups excluding tert-OH is 1. The quantitative estimate of drug-likeness (QED) is 0.659. The Morgan fingerprint density at radius 1 is 1.21 bits per heavy atom. The van der Waals surface area contributed by atoms with Crippen molar-refractivity contribution in [3.05, 3.63) is 36.0 Å². The summed E-state index contributed by atoms with van der Waals surface area (Å²) >= 11 is 0. The molecule has 3 aliphatic rings. The number of rotatable bonds is 2. The molecule has 0 spiro atoms. The Morgan fingerprint density at radius 3 is 2.93 bits per heavy atom. The first-order valence-electron chi connectivity index (χ1n) is 5.56. The van der Waals surface area contributed by atoms with Crippen LogP contribution < -0.4 is 0 Å². The molecular formula is C13H16O. The van der Waals surface area contributed by atoms with Gasteiger partial charge in [0.15, 0.2) is 0 Å². The van der Waals surface area contributed by atoms with Crippen molar-refractivity contribution in [2.75, 3.05) is 6.61 Å². The van der Waals surface area contributed by atoms with E-state index < -0.39 is 0 Å². The lowest BCUT2D eigenvalue weighted by Crippen LogP contribution is -2.24. The maximum Gasteiger partial charge on any atom is 0.0468 e. The minimum atomic E-state index is 0.294. The third-order valence-electron chi connectivity index (χ3n) is 3.88. The molecule has 0 saturated carbocycles. The minimum absolute atomic E-state index is 0.294. The molecule has 0 radical (unpaired) electrons. The molecule has 1 heteroatoms. The molecule has 74 valence electrons. The second-order valence-corrected chi connectivity index (χ2v) is 4.65. The summed E-state index contributed by atoms with van der Waals surface area (Å²) in [5, 5.41) is 9.00. The van der Waals surface area contributed by atoms with Crippen LogP contribution in [0.15, 0.2) is 36.0 Å². The first-order valence-corrected chi connectivity index (χ1v) is 5.56. The van der Waals surface area contributed by atoms with Crippen LogP contribution in [-0.2, 0) is 0 Å². The molecule has 2 bridgehead atoms. The van der Waals surface area contributed by atoms with Gasteiger partial charge in [-0.2, -0.15) is 0 Å². The Balaban J connectivity index is 1.95. The first kappa shape index (κ1) is 8.49. The van der Waals surface area contributed by atoms with Crippen molar-refractivity contribution in [1.29, 1.82) is 0 Å². The Bertz CT molecular complexity index is 324. The maximum absolute atomic E-state index is 9.00. The predicted molar refractivity (Wildman–Crippen MR) is 56.6 cm³/mol. The van der Waals surface area contributed by atoms with Crippen molar-refractivity contribution in [3.63, 3.8) is 0 Å². The molecule has 0 aliphatic heterocycles. The van der Waals surface area contributed by atoms with Gasteiger partial charge in [-0.3, -0.25) is 0 Å². The van der Waals surface area contributed by atoms with E-state index in [9.17, 15) is 0 Å². The van der Waals surface area contributed by atoms with E-state index in [2.05, 4.69) is 30.4 Å². The highest BCUT2D eigenvalue weighted by Gasteiger charge is 2.38. The fourth-order valence-electron chi connectivity index (χ4n) is 3.21. The zero-order chi connectivity index (χ0) is 9.54. The topological polar surface area (TPSA) is 20.2 Å². The van der Waals surface area contributed by atoms with Gasteiger partial charge in [0.25, 0.3) is 0 Å². The zero-order valence-corrected chi connectivity index (χ0v) is 8.26. The van der Waals surface area contributed by atoms with Crippen molar-refractivity contribution < 1.29 is 5.11 Å². The van der Waals surface area contributed by atoms with E-state index in [0.29, 0.717) is 24.4 Å². The smallest absolute Gasteiger partial charge is 0.0468 e. The first-order chi connectivity index (χ1) is 6.88. The summed E-state index contributed by atoms with van der Waals surface area (Å²) in [5.74, 6) is 2.78. The second-order valence-electron chi connectivity index (χ2n) is 4.65. The van der Waals surface area contributed by atoms with Crippen molar-refractivity contribution in [3.8, 4) is 0 Å². The van der Waals surface area contributed by atoms with Gasteiger partial charge in [0.1, 0.15) is 0 Å². The van der Waals surface area contributed by atoms with E-state index >= 15 is 0 Å². The lowest BCUT2D eigenvalue weighted by molar-refractivity contribution is 0.285. The van der Waals surface area contributed by atoms with Crippen molar-refractivity contribution in [2.45, 2.75) is 12.8 Å². The molecule has 0 amide bonds. The van der Waals surface area contributed by atoms with Crippen LogP contribution in [-0.4, -0.2) is 11.7 Å². The molecule has 14 heavy (non-hydrogen) atoms. The molecule has 0 saturated heterocycles. The van der Waals surface area contributed by atoms with Crippen LogP contribution in [0.2, 0.25) is 0 Å². The number of fused-ring (bicyclic) bond motifs is 1. The Hall–Kier alpha value is -0.820. The molecule has 4 atom stereocenters. The number of hydrogen-bond acceptors (Lipinski definition) is 1. The van der Waals surface area contributed by atoms with E-state index in [1.165, 1.54) is 12.0 Å². The van der Waals surface area contributed by atoms with Crippen LogP contribution in [0, 0.1) is 23.7 Å². The molecular weight excluding hydrogens is 172 g/mol. The molecule has 0 fully saturated rings. The summed E-state index contributed by atoms with van der Waals surface area (Å²) in [6, 6.07) is 0.